The molecule has 33 heavy (non-hydrogen) atoms. The number of nitrogens with zero attached hydrogens (tertiary/aromatic N) is 4. The van der Waals surface area contributed by atoms with Crippen LogP contribution >= 0.6 is 0 Å². The Balaban J connectivity index is 1.39. The van der Waals surface area contributed by atoms with Crippen LogP contribution in [0.25, 0.3) is 33.7 Å². The molecule has 0 radical (unpaired) electrons. The molecular formula is C26H27N5O2. The molecule has 0 saturated carbocycles. The Bertz CT molecular complexity index is 1260. The Morgan fingerprint density at radius 2 is 1.67 bits per heavy atom. The summed E-state index contributed by atoms with van der Waals surface area (Å²) in [6, 6.07) is 17.6. The minimum Gasteiger partial charge on any atom is -0.497 e. The average Bonchev–Trinajstić information content (AvgIpc) is 3.33. The molecule has 0 unspecified atom stereocenters. The number of aromatic nitrogens is 3. The monoisotopic (exact) mass is 441 g/mol. The molecule has 0 aliphatic carbocycles. The number of imidazole rings is 1. The van der Waals surface area contributed by atoms with E-state index in [1.54, 1.807) is 13.3 Å². The summed E-state index contributed by atoms with van der Waals surface area (Å²) in [6.07, 6.45) is 1.77. The molecule has 3 heterocycles. The highest BCUT2D eigenvalue weighted by Crippen LogP contribution is 2.29. The van der Waals surface area contributed by atoms with Gasteiger partial charge in [-0.1, -0.05) is 31.2 Å². The van der Waals surface area contributed by atoms with Crippen molar-refractivity contribution in [2.45, 2.75) is 6.92 Å². The zero-order valence-electron chi connectivity index (χ0n) is 18.9. The second-order valence-electron chi connectivity index (χ2n) is 8.17. The molecule has 1 amide bonds. The number of likely N-dealkylation sites (N-methyl/N-ethyl adjacent to an activating group) is 1. The van der Waals surface area contributed by atoms with Gasteiger partial charge in [0.15, 0.2) is 5.65 Å². The summed E-state index contributed by atoms with van der Waals surface area (Å²) < 4.78 is 5.27. The van der Waals surface area contributed by atoms with Crippen LogP contribution in [0, 0.1) is 0 Å². The van der Waals surface area contributed by atoms with Crippen molar-refractivity contribution in [2.24, 2.45) is 0 Å². The lowest BCUT2D eigenvalue weighted by Gasteiger charge is -2.34. The Labute approximate surface area is 193 Å². The Morgan fingerprint density at radius 3 is 2.33 bits per heavy atom. The summed E-state index contributed by atoms with van der Waals surface area (Å²) in [7, 11) is 1.66. The number of hydrogen-bond acceptors (Lipinski definition) is 5. The lowest BCUT2D eigenvalue weighted by molar-refractivity contribution is 0.0643. The van der Waals surface area contributed by atoms with Crippen molar-refractivity contribution < 1.29 is 9.53 Å². The summed E-state index contributed by atoms with van der Waals surface area (Å²) in [5, 5.41) is 0. The maximum absolute atomic E-state index is 12.9. The first kappa shape index (κ1) is 21.2. The van der Waals surface area contributed by atoms with Gasteiger partial charge in [0.1, 0.15) is 11.6 Å². The van der Waals surface area contributed by atoms with Gasteiger partial charge in [0.2, 0.25) is 0 Å². The number of fused-ring (bicyclic) bond motifs is 1. The first-order chi connectivity index (χ1) is 16.2. The molecule has 1 fully saturated rings. The molecule has 7 heteroatoms. The van der Waals surface area contributed by atoms with Crippen LogP contribution in [0.3, 0.4) is 0 Å². The predicted octanol–water partition coefficient (Wildman–Crippen LogP) is 4.08. The van der Waals surface area contributed by atoms with Crippen molar-refractivity contribution in [3.63, 3.8) is 0 Å². The molecule has 0 atom stereocenters. The molecule has 2 aromatic carbocycles. The molecule has 7 nitrogen and oxygen atoms in total. The highest BCUT2D eigenvalue weighted by Gasteiger charge is 2.21. The number of methoxy groups -OCH3 is 1. The van der Waals surface area contributed by atoms with Crippen LogP contribution in [0.4, 0.5) is 0 Å². The highest BCUT2D eigenvalue weighted by atomic mass is 16.5. The summed E-state index contributed by atoms with van der Waals surface area (Å²) in [5.41, 5.74) is 5.25. The quantitative estimate of drug-likeness (QED) is 0.505. The molecule has 1 aliphatic heterocycles. The van der Waals surface area contributed by atoms with E-state index in [1.807, 2.05) is 59.5 Å². The first-order valence-electron chi connectivity index (χ1n) is 11.3. The SMILES string of the molecule is CCN1CCN(C(=O)c2ccc(-c3nc4nccc(-c5ccc(OC)cc5)c4[nH]3)cc2)CC1. The lowest BCUT2D eigenvalue weighted by atomic mass is 10.1. The minimum atomic E-state index is 0.0883. The molecule has 2 aromatic heterocycles. The summed E-state index contributed by atoms with van der Waals surface area (Å²) >= 11 is 0. The number of benzene rings is 2. The lowest BCUT2D eigenvalue weighted by Crippen LogP contribution is -2.48. The van der Waals surface area contributed by atoms with Gasteiger partial charge < -0.3 is 19.5 Å². The molecule has 1 saturated heterocycles. The van der Waals surface area contributed by atoms with Crippen molar-refractivity contribution >= 4 is 17.1 Å². The van der Waals surface area contributed by atoms with Gasteiger partial charge in [-0.25, -0.2) is 9.97 Å². The van der Waals surface area contributed by atoms with Gasteiger partial charge in [0.05, 0.1) is 12.6 Å². The van der Waals surface area contributed by atoms with E-state index >= 15 is 0 Å². The van der Waals surface area contributed by atoms with Gasteiger partial charge in [-0.05, 0) is 42.4 Å². The number of piperazine rings is 1. The van der Waals surface area contributed by atoms with E-state index in [0.29, 0.717) is 11.2 Å². The van der Waals surface area contributed by atoms with Crippen molar-refractivity contribution in [3.05, 3.63) is 66.4 Å². The van der Waals surface area contributed by atoms with Crippen LogP contribution in [-0.2, 0) is 0 Å². The zero-order valence-corrected chi connectivity index (χ0v) is 18.9. The van der Waals surface area contributed by atoms with E-state index in [0.717, 1.165) is 66.5 Å². The molecule has 0 spiro atoms. The van der Waals surface area contributed by atoms with Crippen LogP contribution in [-0.4, -0.2) is 70.5 Å². The smallest absolute Gasteiger partial charge is 0.253 e. The Kier molecular flexibility index (Phi) is 5.79. The fourth-order valence-corrected chi connectivity index (χ4v) is 4.28. The molecule has 1 N–H and O–H groups in total. The number of ether oxygens (including phenoxy) is 1. The van der Waals surface area contributed by atoms with Gasteiger partial charge in [-0.2, -0.15) is 0 Å². The normalized spacial score (nSPS) is 14.5. The fraction of sp³-hybridized carbons (Fsp3) is 0.269. The van der Waals surface area contributed by atoms with Gasteiger partial charge in [-0.3, -0.25) is 4.79 Å². The van der Waals surface area contributed by atoms with Crippen LogP contribution in [0.2, 0.25) is 0 Å². The van der Waals surface area contributed by atoms with Crippen LogP contribution < -0.4 is 4.74 Å². The largest absolute Gasteiger partial charge is 0.497 e. The van der Waals surface area contributed by atoms with E-state index in [9.17, 15) is 4.79 Å². The van der Waals surface area contributed by atoms with Gasteiger partial charge in [0.25, 0.3) is 5.91 Å². The number of pyridine rings is 1. The number of H-pyrrole nitrogens is 1. The molecule has 168 valence electrons. The maximum Gasteiger partial charge on any atom is 0.253 e. The second kappa shape index (κ2) is 9.03. The molecular weight excluding hydrogens is 414 g/mol. The summed E-state index contributed by atoms with van der Waals surface area (Å²) in [6.45, 7) is 6.61. The molecule has 0 bridgehead atoms. The van der Waals surface area contributed by atoms with Crippen molar-refractivity contribution in [3.8, 4) is 28.3 Å². The molecule has 1 aliphatic rings. The fourth-order valence-electron chi connectivity index (χ4n) is 4.28. The standard InChI is InChI=1S/C26H27N5O2/c1-3-30-14-16-31(17-15-30)26(32)20-6-4-19(5-7-20)24-28-23-22(12-13-27-25(23)29-24)18-8-10-21(33-2)11-9-18/h4-13H,3,14-17H2,1-2H3,(H,27,28,29). The van der Waals surface area contributed by atoms with Gasteiger partial charge in [-0.15, -0.1) is 0 Å². The van der Waals surface area contributed by atoms with E-state index < -0.39 is 0 Å². The predicted molar refractivity (Wildman–Crippen MR) is 129 cm³/mol. The number of hydrogen-bond donors (Lipinski definition) is 1. The van der Waals surface area contributed by atoms with Crippen molar-refractivity contribution in [2.75, 3.05) is 39.8 Å². The van der Waals surface area contributed by atoms with Crippen LogP contribution in [0.15, 0.2) is 60.8 Å². The number of amides is 1. The van der Waals surface area contributed by atoms with Crippen LogP contribution in [0.1, 0.15) is 17.3 Å². The first-order valence-corrected chi connectivity index (χ1v) is 11.3. The number of nitrogens with one attached hydrogen (secondary N) is 1. The van der Waals surface area contributed by atoms with Gasteiger partial charge >= 0.3 is 0 Å². The number of rotatable bonds is 5. The molecule has 4 aromatic rings. The number of carbonyl (C=O) groups is 1. The third kappa shape index (κ3) is 4.19. The highest BCUT2D eigenvalue weighted by molar-refractivity contribution is 5.95. The summed E-state index contributed by atoms with van der Waals surface area (Å²) in [4.78, 5) is 29.8. The number of carbonyl (C=O) groups excluding carboxylic acids is 1. The topological polar surface area (TPSA) is 74.3 Å². The average molecular weight is 442 g/mol. The second-order valence-corrected chi connectivity index (χ2v) is 8.17. The maximum atomic E-state index is 12.9. The Hall–Kier alpha value is -3.71. The van der Waals surface area contributed by atoms with E-state index in [-0.39, 0.29) is 5.91 Å². The third-order valence-electron chi connectivity index (χ3n) is 6.31. The van der Waals surface area contributed by atoms with Crippen molar-refractivity contribution in [1.82, 2.24) is 24.8 Å². The zero-order chi connectivity index (χ0) is 22.8. The van der Waals surface area contributed by atoms with Gasteiger partial charge in [0, 0.05) is 49.1 Å². The van der Waals surface area contributed by atoms with E-state index in [4.69, 9.17) is 9.72 Å². The van der Waals surface area contributed by atoms with Crippen molar-refractivity contribution in [1.29, 1.82) is 0 Å². The number of aromatic amines is 1. The minimum absolute atomic E-state index is 0.0883. The summed E-state index contributed by atoms with van der Waals surface area (Å²) in [5.74, 6) is 1.63. The van der Waals surface area contributed by atoms with E-state index in [1.165, 1.54) is 0 Å². The van der Waals surface area contributed by atoms with E-state index in [2.05, 4.69) is 21.8 Å². The Morgan fingerprint density at radius 1 is 0.970 bits per heavy atom. The van der Waals surface area contributed by atoms with Crippen LogP contribution in [0.5, 0.6) is 5.75 Å². The third-order valence-corrected chi connectivity index (χ3v) is 6.31. The molecule has 5 rings (SSSR count).